The number of halogens is 1. The minimum absolute atomic E-state index is 0.193. The van der Waals surface area contributed by atoms with Crippen molar-refractivity contribution in [3.05, 3.63) is 77.2 Å². The number of rotatable bonds is 7. The second kappa shape index (κ2) is 9.52. The van der Waals surface area contributed by atoms with Crippen LogP contribution >= 0.6 is 11.6 Å². The van der Waals surface area contributed by atoms with E-state index >= 15 is 0 Å². The summed E-state index contributed by atoms with van der Waals surface area (Å²) in [5, 5.41) is 9.07. The molecule has 8 nitrogen and oxygen atoms in total. The Morgan fingerprint density at radius 1 is 1.00 bits per heavy atom. The van der Waals surface area contributed by atoms with Crippen LogP contribution in [0.1, 0.15) is 20.7 Å². The number of carbonyl (C=O) groups excluding carboxylic acids is 2. The summed E-state index contributed by atoms with van der Waals surface area (Å²) >= 11 is 5.85. The lowest BCUT2D eigenvalue weighted by Crippen LogP contribution is -2.28. The quantitative estimate of drug-likeness (QED) is 0.351. The van der Waals surface area contributed by atoms with Crippen LogP contribution in [0.2, 0.25) is 5.02 Å². The number of nitrogens with zero attached hydrogens (tertiary/aromatic N) is 2. The van der Waals surface area contributed by atoms with Crippen LogP contribution in [-0.2, 0) is 0 Å². The van der Waals surface area contributed by atoms with E-state index in [1.807, 2.05) is 0 Å². The normalized spacial score (nSPS) is 10.2. The van der Waals surface area contributed by atoms with Gasteiger partial charge in [-0.1, -0.05) is 11.6 Å². The Balaban J connectivity index is 1.47. The highest BCUT2D eigenvalue weighted by atomic mass is 35.5. The van der Waals surface area contributed by atoms with Crippen LogP contribution in [0.15, 0.2) is 61.1 Å². The molecule has 3 aromatic rings. The molecule has 0 saturated heterocycles. The highest BCUT2D eigenvalue weighted by Gasteiger charge is 2.09. The molecule has 0 aliphatic carbocycles. The van der Waals surface area contributed by atoms with Crippen molar-refractivity contribution < 1.29 is 9.59 Å². The highest BCUT2D eigenvalue weighted by molar-refractivity contribution is 6.31. The lowest BCUT2D eigenvalue weighted by molar-refractivity contribution is 0.0954. The van der Waals surface area contributed by atoms with Gasteiger partial charge in [0.15, 0.2) is 0 Å². The van der Waals surface area contributed by atoms with Gasteiger partial charge in [0.25, 0.3) is 11.8 Å². The molecular formula is C20H19ClN6O2. The van der Waals surface area contributed by atoms with E-state index in [1.165, 1.54) is 12.4 Å². The fourth-order valence-corrected chi connectivity index (χ4v) is 2.62. The molecule has 9 heteroatoms. The molecule has 0 saturated carbocycles. The second-order valence-corrected chi connectivity index (χ2v) is 6.48. The van der Waals surface area contributed by atoms with Crippen molar-refractivity contribution in [2.45, 2.75) is 0 Å². The maximum atomic E-state index is 12.3. The van der Waals surface area contributed by atoms with Crippen molar-refractivity contribution in [3.8, 4) is 0 Å². The monoisotopic (exact) mass is 410 g/mol. The number of benzene rings is 1. The number of aromatic nitrogens is 2. The molecule has 148 valence electrons. The number of pyridine rings is 2. The summed E-state index contributed by atoms with van der Waals surface area (Å²) in [4.78, 5) is 32.3. The largest absolute Gasteiger partial charge is 0.397 e. The van der Waals surface area contributed by atoms with Crippen molar-refractivity contribution in [3.63, 3.8) is 0 Å². The van der Waals surface area contributed by atoms with Gasteiger partial charge in [0.1, 0.15) is 5.82 Å². The fourth-order valence-electron chi connectivity index (χ4n) is 2.44. The molecule has 0 atom stereocenters. The van der Waals surface area contributed by atoms with E-state index in [9.17, 15) is 9.59 Å². The molecule has 1 aromatic carbocycles. The third-order valence-electron chi connectivity index (χ3n) is 3.93. The molecule has 2 aromatic heterocycles. The third-order valence-corrected chi connectivity index (χ3v) is 4.16. The first kappa shape index (κ1) is 20.1. The molecule has 29 heavy (non-hydrogen) atoms. The summed E-state index contributed by atoms with van der Waals surface area (Å²) in [7, 11) is 0. The van der Waals surface area contributed by atoms with Gasteiger partial charge < -0.3 is 21.7 Å². The zero-order valence-electron chi connectivity index (χ0n) is 15.4. The summed E-state index contributed by atoms with van der Waals surface area (Å²) in [6.45, 7) is 0.888. The van der Waals surface area contributed by atoms with Crippen molar-refractivity contribution in [1.29, 1.82) is 0 Å². The molecule has 0 aliphatic rings. The Bertz CT molecular complexity index is 996. The molecular weight excluding hydrogens is 392 g/mol. The topological polar surface area (TPSA) is 122 Å². The van der Waals surface area contributed by atoms with Gasteiger partial charge in [-0.3, -0.25) is 14.6 Å². The summed E-state index contributed by atoms with van der Waals surface area (Å²) in [6, 6.07) is 11.6. The Kier molecular flexibility index (Phi) is 6.59. The van der Waals surface area contributed by atoms with Gasteiger partial charge in [-0.05, 0) is 42.5 Å². The molecule has 0 spiro atoms. The Morgan fingerprint density at radius 2 is 1.83 bits per heavy atom. The number of hydrogen-bond donors (Lipinski definition) is 4. The predicted octanol–water partition coefficient (Wildman–Crippen LogP) is 2.81. The molecule has 0 unspecified atom stereocenters. The van der Waals surface area contributed by atoms with E-state index in [0.717, 1.165) is 0 Å². The van der Waals surface area contributed by atoms with E-state index in [2.05, 4.69) is 25.9 Å². The van der Waals surface area contributed by atoms with Crippen LogP contribution < -0.4 is 21.7 Å². The average molecular weight is 411 g/mol. The minimum Gasteiger partial charge on any atom is -0.397 e. The smallest absolute Gasteiger partial charge is 0.257 e. The van der Waals surface area contributed by atoms with E-state index < -0.39 is 0 Å². The Morgan fingerprint density at radius 3 is 2.52 bits per heavy atom. The molecule has 0 radical (unpaired) electrons. The summed E-state index contributed by atoms with van der Waals surface area (Å²) < 4.78 is 0. The summed E-state index contributed by atoms with van der Waals surface area (Å²) in [6.07, 6.45) is 4.57. The van der Waals surface area contributed by atoms with Gasteiger partial charge in [0.2, 0.25) is 0 Å². The zero-order chi connectivity index (χ0) is 20.6. The lowest BCUT2D eigenvalue weighted by Gasteiger charge is -2.10. The Labute approximate surface area is 172 Å². The van der Waals surface area contributed by atoms with E-state index in [1.54, 1.807) is 48.7 Å². The van der Waals surface area contributed by atoms with Gasteiger partial charge in [-0.25, -0.2) is 4.98 Å². The number of nitrogens with one attached hydrogen (secondary N) is 3. The maximum absolute atomic E-state index is 12.3. The van der Waals surface area contributed by atoms with Gasteiger partial charge >= 0.3 is 0 Å². The van der Waals surface area contributed by atoms with Crippen molar-refractivity contribution in [2.75, 3.05) is 29.5 Å². The van der Waals surface area contributed by atoms with Crippen LogP contribution in [0.3, 0.4) is 0 Å². The lowest BCUT2D eigenvalue weighted by atomic mass is 10.2. The number of hydrogen-bond acceptors (Lipinski definition) is 6. The highest BCUT2D eigenvalue weighted by Crippen LogP contribution is 2.23. The van der Waals surface area contributed by atoms with Crippen molar-refractivity contribution in [2.24, 2.45) is 0 Å². The van der Waals surface area contributed by atoms with Crippen LogP contribution in [-0.4, -0.2) is 34.9 Å². The van der Waals surface area contributed by atoms with Crippen molar-refractivity contribution >= 4 is 40.6 Å². The van der Waals surface area contributed by atoms with Gasteiger partial charge in [0, 0.05) is 36.7 Å². The third kappa shape index (κ3) is 5.66. The van der Waals surface area contributed by atoms with Gasteiger partial charge in [-0.15, -0.1) is 0 Å². The minimum atomic E-state index is -0.332. The number of anilines is 3. The molecule has 2 heterocycles. The number of nitrogens with two attached hydrogens (primary N) is 1. The van der Waals surface area contributed by atoms with E-state index in [4.69, 9.17) is 17.3 Å². The first-order valence-electron chi connectivity index (χ1n) is 8.77. The van der Waals surface area contributed by atoms with Gasteiger partial charge in [-0.2, -0.15) is 0 Å². The molecule has 0 bridgehead atoms. The molecule has 3 rings (SSSR count). The molecule has 0 aliphatic heterocycles. The number of nitrogen functional groups attached to an aromatic ring is 1. The second-order valence-electron chi connectivity index (χ2n) is 6.04. The average Bonchev–Trinajstić information content (AvgIpc) is 2.74. The fraction of sp³-hybridized carbons (Fsp3) is 0.100. The van der Waals surface area contributed by atoms with Crippen LogP contribution in [0.4, 0.5) is 17.2 Å². The molecule has 0 fully saturated rings. The van der Waals surface area contributed by atoms with Crippen LogP contribution in [0.25, 0.3) is 0 Å². The maximum Gasteiger partial charge on any atom is 0.257 e. The van der Waals surface area contributed by atoms with E-state index in [-0.39, 0.29) is 11.8 Å². The van der Waals surface area contributed by atoms with Crippen LogP contribution in [0, 0.1) is 0 Å². The standard InChI is InChI=1S/C20H19ClN6O2/c21-15-4-5-17(16(22)10-15)27-20(29)14-3-6-18(26-12-14)24-8-9-25-19(28)13-2-1-7-23-11-13/h1-7,10-12H,8-9,22H2,(H,24,26)(H,25,28)(H,27,29). The summed E-state index contributed by atoms with van der Waals surface area (Å²) in [5.41, 5.74) is 7.58. The Hall–Kier alpha value is -3.65. The summed E-state index contributed by atoms with van der Waals surface area (Å²) in [5.74, 6) is 0.0614. The van der Waals surface area contributed by atoms with E-state index in [0.29, 0.717) is 46.4 Å². The molecule has 2 amide bonds. The first-order valence-corrected chi connectivity index (χ1v) is 9.15. The first-order chi connectivity index (χ1) is 14.0. The van der Waals surface area contributed by atoms with Gasteiger partial charge in [0.05, 0.1) is 22.5 Å². The van der Waals surface area contributed by atoms with Crippen molar-refractivity contribution in [1.82, 2.24) is 15.3 Å². The number of carbonyl (C=O) groups is 2. The SMILES string of the molecule is Nc1cc(Cl)ccc1NC(=O)c1ccc(NCCNC(=O)c2cccnc2)nc1. The van der Waals surface area contributed by atoms with Crippen LogP contribution in [0.5, 0.6) is 0 Å². The molecule has 5 N–H and O–H groups in total. The predicted molar refractivity (Wildman–Crippen MR) is 113 cm³/mol. The zero-order valence-corrected chi connectivity index (χ0v) is 16.1. The number of amides is 2.